The van der Waals surface area contributed by atoms with Crippen molar-refractivity contribution >= 4 is 0 Å². The minimum Gasteiger partial charge on any atom is -0.462 e. The molecule has 0 amide bonds. The summed E-state index contributed by atoms with van der Waals surface area (Å²) in [6.45, 7) is 5.06. The zero-order chi connectivity index (χ0) is 21.5. The van der Waals surface area contributed by atoms with Gasteiger partial charge in [0.15, 0.2) is 5.82 Å². The Bertz CT molecular complexity index is 1180. The predicted molar refractivity (Wildman–Crippen MR) is 117 cm³/mol. The number of benzene rings is 2. The van der Waals surface area contributed by atoms with Crippen LogP contribution >= 0.6 is 0 Å². The van der Waals surface area contributed by atoms with Crippen LogP contribution in [0.25, 0.3) is 22.5 Å². The van der Waals surface area contributed by atoms with Crippen molar-refractivity contribution in [1.29, 1.82) is 0 Å². The van der Waals surface area contributed by atoms with Crippen LogP contribution < -0.4 is 4.74 Å². The molecule has 0 aliphatic rings. The van der Waals surface area contributed by atoms with Gasteiger partial charge in [-0.15, -0.1) is 16.1 Å². The van der Waals surface area contributed by atoms with E-state index in [1.54, 1.807) is 0 Å². The van der Waals surface area contributed by atoms with Crippen molar-refractivity contribution in [2.45, 2.75) is 33.2 Å². The Kier molecular flexibility index (Phi) is 6.33. The van der Waals surface area contributed by atoms with E-state index in [0.29, 0.717) is 31.4 Å². The highest BCUT2D eigenvalue weighted by Crippen LogP contribution is 2.29. The van der Waals surface area contributed by atoms with E-state index < -0.39 is 0 Å². The molecule has 8 nitrogen and oxygen atoms in total. The fraction of sp³-hybridized carbons (Fsp3) is 0.261. The molecule has 2 heterocycles. The van der Waals surface area contributed by atoms with E-state index in [1.165, 1.54) is 0 Å². The van der Waals surface area contributed by atoms with Gasteiger partial charge in [0.2, 0.25) is 0 Å². The molecule has 0 saturated heterocycles. The third kappa shape index (κ3) is 4.78. The fourth-order valence-corrected chi connectivity index (χ4v) is 3.21. The zero-order valence-electron chi connectivity index (χ0n) is 17.5. The maximum absolute atomic E-state index is 5.61. The number of nitrogens with one attached hydrogen (secondary N) is 1. The van der Waals surface area contributed by atoms with E-state index in [4.69, 9.17) is 4.74 Å². The van der Waals surface area contributed by atoms with Gasteiger partial charge in [0.25, 0.3) is 0 Å². The second-order valence-corrected chi connectivity index (χ2v) is 6.91. The van der Waals surface area contributed by atoms with Gasteiger partial charge < -0.3 is 4.74 Å². The molecule has 0 aliphatic heterocycles. The average molecular weight is 413 g/mol. The lowest BCUT2D eigenvalue weighted by Gasteiger charge is -2.09. The number of hydrogen-bond acceptors (Lipinski definition) is 6. The van der Waals surface area contributed by atoms with Crippen molar-refractivity contribution in [2.24, 2.45) is 0 Å². The van der Waals surface area contributed by atoms with Crippen molar-refractivity contribution in [3.8, 4) is 40.4 Å². The molecule has 0 saturated carbocycles. The molecule has 1 N–H and O–H groups in total. The van der Waals surface area contributed by atoms with Gasteiger partial charge in [-0.25, -0.2) is 9.78 Å². The lowest BCUT2D eigenvalue weighted by molar-refractivity contribution is 0.291. The third-order valence-electron chi connectivity index (χ3n) is 4.71. The van der Waals surface area contributed by atoms with Crippen LogP contribution in [0, 0.1) is 11.8 Å². The first-order chi connectivity index (χ1) is 15.3. The van der Waals surface area contributed by atoms with Crippen molar-refractivity contribution in [1.82, 2.24) is 35.4 Å². The topological polar surface area (TPSA) is 94.4 Å². The van der Waals surface area contributed by atoms with Crippen molar-refractivity contribution in [3.63, 3.8) is 0 Å². The van der Waals surface area contributed by atoms with Gasteiger partial charge in [0.05, 0.1) is 19.6 Å². The van der Waals surface area contributed by atoms with E-state index in [9.17, 15) is 0 Å². The minimum atomic E-state index is 0.404. The quantitative estimate of drug-likeness (QED) is 0.444. The van der Waals surface area contributed by atoms with Crippen LogP contribution in [-0.4, -0.2) is 42.0 Å². The smallest absolute Gasteiger partial charge is 0.335 e. The summed E-state index contributed by atoms with van der Waals surface area (Å²) in [5.74, 6) is 7.42. The van der Waals surface area contributed by atoms with Crippen molar-refractivity contribution in [3.05, 3.63) is 59.9 Å². The van der Waals surface area contributed by atoms with Crippen molar-refractivity contribution in [2.75, 3.05) is 6.61 Å². The van der Waals surface area contributed by atoms with E-state index in [-0.39, 0.29) is 0 Å². The second-order valence-electron chi connectivity index (χ2n) is 6.91. The molecule has 0 unspecified atom stereocenters. The van der Waals surface area contributed by atoms with Gasteiger partial charge in [0, 0.05) is 5.56 Å². The summed E-state index contributed by atoms with van der Waals surface area (Å²) in [4.78, 5) is 4.49. The van der Waals surface area contributed by atoms with Crippen LogP contribution in [0.3, 0.4) is 0 Å². The summed E-state index contributed by atoms with van der Waals surface area (Å²) >= 11 is 0. The largest absolute Gasteiger partial charge is 0.462 e. The Morgan fingerprint density at radius 3 is 2.58 bits per heavy atom. The van der Waals surface area contributed by atoms with Gasteiger partial charge in [-0.2, -0.15) is 4.98 Å². The SMILES string of the molecule is CC#CCc1nc(OCCC)nn1Cc1ccc(-c2ccccc2-c2nnn[nH]2)cc1. The highest BCUT2D eigenvalue weighted by molar-refractivity contribution is 5.80. The van der Waals surface area contributed by atoms with Gasteiger partial charge in [-0.3, -0.25) is 0 Å². The highest BCUT2D eigenvalue weighted by atomic mass is 16.5. The summed E-state index contributed by atoms with van der Waals surface area (Å²) in [5.41, 5.74) is 4.20. The molecule has 0 aliphatic carbocycles. The van der Waals surface area contributed by atoms with Gasteiger partial charge in [0.1, 0.15) is 5.82 Å². The maximum atomic E-state index is 5.61. The third-order valence-corrected chi connectivity index (χ3v) is 4.71. The van der Waals surface area contributed by atoms with E-state index in [2.05, 4.69) is 79.8 Å². The first-order valence-corrected chi connectivity index (χ1v) is 10.2. The summed E-state index contributed by atoms with van der Waals surface area (Å²) in [6, 6.07) is 16.8. The number of rotatable bonds is 8. The number of aromatic amines is 1. The summed E-state index contributed by atoms with van der Waals surface area (Å²) in [5, 5.41) is 18.8. The van der Waals surface area contributed by atoms with Crippen LogP contribution in [0.4, 0.5) is 0 Å². The number of nitrogens with zero attached hydrogens (tertiary/aromatic N) is 6. The van der Waals surface area contributed by atoms with Crippen LogP contribution in [0.5, 0.6) is 6.01 Å². The molecule has 0 bridgehead atoms. The maximum Gasteiger partial charge on any atom is 0.335 e. The molecule has 31 heavy (non-hydrogen) atoms. The Morgan fingerprint density at radius 2 is 1.87 bits per heavy atom. The Balaban J connectivity index is 1.57. The Hall–Kier alpha value is -3.99. The number of tetrazole rings is 1. The Labute approximate surface area is 180 Å². The molecule has 0 atom stereocenters. The molecular formula is C23H23N7O. The van der Waals surface area contributed by atoms with E-state index in [1.807, 2.05) is 29.8 Å². The summed E-state index contributed by atoms with van der Waals surface area (Å²) in [7, 11) is 0. The van der Waals surface area contributed by atoms with Crippen LogP contribution in [0.2, 0.25) is 0 Å². The van der Waals surface area contributed by atoms with Gasteiger partial charge in [-0.1, -0.05) is 61.4 Å². The zero-order valence-corrected chi connectivity index (χ0v) is 17.5. The van der Waals surface area contributed by atoms with Crippen LogP contribution in [0.1, 0.15) is 31.7 Å². The molecule has 0 fully saturated rings. The molecular weight excluding hydrogens is 390 g/mol. The number of ether oxygens (including phenoxy) is 1. The van der Waals surface area contributed by atoms with Gasteiger partial charge >= 0.3 is 6.01 Å². The summed E-state index contributed by atoms with van der Waals surface area (Å²) < 4.78 is 7.47. The molecule has 4 rings (SSSR count). The normalized spacial score (nSPS) is 10.5. The lowest BCUT2D eigenvalue weighted by Crippen LogP contribution is -2.07. The second kappa shape index (κ2) is 9.67. The van der Waals surface area contributed by atoms with Crippen LogP contribution in [-0.2, 0) is 13.0 Å². The van der Waals surface area contributed by atoms with E-state index in [0.717, 1.165) is 34.5 Å². The van der Waals surface area contributed by atoms with Crippen LogP contribution in [0.15, 0.2) is 48.5 Å². The average Bonchev–Trinajstić information content (AvgIpc) is 3.47. The molecule has 2 aromatic carbocycles. The predicted octanol–water partition coefficient (Wildman–Crippen LogP) is 3.53. The van der Waals surface area contributed by atoms with Crippen molar-refractivity contribution < 1.29 is 4.74 Å². The first-order valence-electron chi connectivity index (χ1n) is 10.2. The van der Waals surface area contributed by atoms with E-state index >= 15 is 0 Å². The monoisotopic (exact) mass is 413 g/mol. The molecule has 0 spiro atoms. The first kappa shape index (κ1) is 20.3. The fourth-order valence-electron chi connectivity index (χ4n) is 3.21. The number of H-pyrrole nitrogens is 1. The number of hydrogen-bond donors (Lipinski definition) is 1. The van der Waals surface area contributed by atoms with Gasteiger partial charge in [-0.05, 0) is 40.5 Å². The Morgan fingerprint density at radius 1 is 1.06 bits per heavy atom. The molecule has 156 valence electrons. The molecule has 8 heteroatoms. The molecule has 0 radical (unpaired) electrons. The minimum absolute atomic E-state index is 0.404. The lowest BCUT2D eigenvalue weighted by atomic mass is 9.98. The highest BCUT2D eigenvalue weighted by Gasteiger charge is 2.12. The number of aromatic nitrogens is 7. The molecule has 4 aromatic rings. The molecule has 2 aromatic heterocycles. The summed E-state index contributed by atoms with van der Waals surface area (Å²) in [6.07, 6.45) is 1.45. The standard InChI is InChI=1S/C23H23N7O/c1-3-5-10-21-24-23(31-15-4-2)27-30(21)16-17-11-13-18(14-12-17)19-8-6-7-9-20(19)22-25-28-29-26-22/h6-9,11-14H,4,10,15-16H2,1-2H3,(H,25,26,28,29).